The predicted octanol–water partition coefficient (Wildman–Crippen LogP) is 8.42. The van der Waals surface area contributed by atoms with E-state index in [2.05, 4.69) is 133 Å². The lowest BCUT2D eigenvalue weighted by atomic mass is 9.88. The van der Waals surface area contributed by atoms with Crippen molar-refractivity contribution in [3.8, 4) is 11.1 Å². The van der Waals surface area contributed by atoms with Crippen molar-refractivity contribution in [3.63, 3.8) is 0 Å². The molecule has 0 aliphatic heterocycles. The Balaban J connectivity index is 1.63. The number of hydrogen-bond acceptors (Lipinski definition) is 1. The van der Waals surface area contributed by atoms with Crippen LogP contribution in [0.15, 0.2) is 133 Å². The Morgan fingerprint density at radius 2 is 0.909 bits per heavy atom. The predicted molar refractivity (Wildman–Crippen MR) is 140 cm³/mol. The summed E-state index contributed by atoms with van der Waals surface area (Å²) in [7, 11) is 0. The maximum Gasteiger partial charge on any atom is 0.0390 e. The molecule has 33 heavy (non-hydrogen) atoms. The molecule has 0 spiro atoms. The summed E-state index contributed by atoms with van der Waals surface area (Å²) < 4.78 is 0. The van der Waals surface area contributed by atoms with E-state index in [1.54, 1.807) is 0 Å². The molecule has 1 aliphatic rings. The molecule has 0 atom stereocenters. The second-order valence-electron chi connectivity index (χ2n) is 8.28. The summed E-state index contributed by atoms with van der Waals surface area (Å²) in [4.78, 5) is 0. The molecule has 1 N–H and O–H groups in total. The van der Waals surface area contributed by atoms with Gasteiger partial charge in [-0.25, -0.2) is 0 Å². The van der Waals surface area contributed by atoms with Crippen LogP contribution in [0.25, 0.3) is 22.3 Å². The molecule has 1 nitrogen and oxygen atoms in total. The summed E-state index contributed by atoms with van der Waals surface area (Å²) in [6.07, 6.45) is 0. The van der Waals surface area contributed by atoms with Gasteiger partial charge >= 0.3 is 0 Å². The summed E-state index contributed by atoms with van der Waals surface area (Å²) in [5.41, 5.74) is 12.3. The largest absolute Gasteiger partial charge is 0.356 e. The lowest BCUT2D eigenvalue weighted by Crippen LogP contribution is -1.95. The molecule has 156 valence electrons. The Kier molecular flexibility index (Phi) is 4.86. The van der Waals surface area contributed by atoms with Crippen LogP contribution in [0.3, 0.4) is 0 Å². The first-order chi connectivity index (χ1) is 16.4. The molecule has 0 bridgehead atoms. The van der Waals surface area contributed by atoms with E-state index in [-0.39, 0.29) is 0 Å². The van der Waals surface area contributed by atoms with Crippen molar-refractivity contribution in [1.82, 2.24) is 0 Å². The van der Waals surface area contributed by atoms with Crippen LogP contribution in [0.1, 0.15) is 22.3 Å². The van der Waals surface area contributed by atoms with Gasteiger partial charge in [-0.05, 0) is 68.8 Å². The van der Waals surface area contributed by atoms with E-state index >= 15 is 0 Å². The Labute approximate surface area is 194 Å². The van der Waals surface area contributed by atoms with Gasteiger partial charge in [-0.2, -0.15) is 0 Å². The third-order valence-corrected chi connectivity index (χ3v) is 6.21. The number of hydrogen-bond donors (Lipinski definition) is 1. The van der Waals surface area contributed by atoms with Crippen LogP contribution in [0, 0.1) is 0 Å². The van der Waals surface area contributed by atoms with E-state index in [4.69, 9.17) is 0 Å². The van der Waals surface area contributed by atoms with Crippen LogP contribution in [-0.2, 0) is 0 Å². The third kappa shape index (κ3) is 3.54. The van der Waals surface area contributed by atoms with Crippen molar-refractivity contribution in [2.24, 2.45) is 0 Å². The highest BCUT2D eigenvalue weighted by Gasteiger charge is 2.27. The molecule has 6 rings (SSSR count). The fourth-order valence-electron chi connectivity index (χ4n) is 4.77. The number of benzene rings is 5. The van der Waals surface area contributed by atoms with Crippen LogP contribution in [-0.4, -0.2) is 0 Å². The van der Waals surface area contributed by atoms with Crippen LogP contribution >= 0.6 is 0 Å². The molecule has 0 radical (unpaired) electrons. The highest BCUT2D eigenvalue weighted by atomic mass is 14.9. The number of nitrogens with one attached hydrogen (secondary N) is 1. The van der Waals surface area contributed by atoms with Gasteiger partial charge in [0.1, 0.15) is 0 Å². The van der Waals surface area contributed by atoms with Gasteiger partial charge in [0.2, 0.25) is 0 Å². The van der Waals surface area contributed by atoms with Gasteiger partial charge in [-0.15, -0.1) is 0 Å². The van der Waals surface area contributed by atoms with Crippen LogP contribution < -0.4 is 5.32 Å². The van der Waals surface area contributed by atoms with Gasteiger partial charge in [-0.3, -0.25) is 0 Å². The van der Waals surface area contributed by atoms with E-state index in [0.29, 0.717) is 0 Å². The van der Waals surface area contributed by atoms with Crippen molar-refractivity contribution >= 4 is 22.5 Å². The van der Waals surface area contributed by atoms with E-state index in [1.165, 1.54) is 44.5 Å². The zero-order valence-corrected chi connectivity index (χ0v) is 18.2. The minimum Gasteiger partial charge on any atom is -0.356 e. The standard InChI is InChI=1S/C32H23N/c1-4-12-23(13-5-1)31(24-14-6-2-7-15-24)32-29-19-11-10-18-27(29)28-21-20-26(22-30(28)32)33-25-16-8-3-9-17-25/h1-22,33H. The van der Waals surface area contributed by atoms with Gasteiger partial charge < -0.3 is 5.32 Å². The average molecular weight is 422 g/mol. The van der Waals surface area contributed by atoms with Crippen molar-refractivity contribution in [3.05, 3.63) is 156 Å². The Hall–Kier alpha value is -4.36. The molecule has 0 fully saturated rings. The first kappa shape index (κ1) is 19.3. The fourth-order valence-corrected chi connectivity index (χ4v) is 4.77. The minimum absolute atomic E-state index is 1.09. The highest BCUT2D eigenvalue weighted by molar-refractivity contribution is 6.14. The Morgan fingerprint density at radius 3 is 1.55 bits per heavy atom. The second kappa shape index (κ2) is 8.29. The molecular formula is C32H23N. The van der Waals surface area contributed by atoms with Gasteiger partial charge in [0, 0.05) is 11.4 Å². The third-order valence-electron chi connectivity index (χ3n) is 6.21. The quantitative estimate of drug-likeness (QED) is 0.301. The Morgan fingerprint density at radius 1 is 0.394 bits per heavy atom. The van der Waals surface area contributed by atoms with Crippen LogP contribution in [0.4, 0.5) is 11.4 Å². The van der Waals surface area contributed by atoms with Crippen molar-refractivity contribution in [2.45, 2.75) is 0 Å². The number of anilines is 2. The topological polar surface area (TPSA) is 12.0 Å². The molecule has 0 aromatic heterocycles. The van der Waals surface area contributed by atoms with E-state index < -0.39 is 0 Å². The number of fused-ring (bicyclic) bond motifs is 3. The lowest BCUT2D eigenvalue weighted by molar-refractivity contribution is 1.52. The van der Waals surface area contributed by atoms with Gasteiger partial charge in [-0.1, -0.05) is 109 Å². The first-order valence-corrected chi connectivity index (χ1v) is 11.3. The van der Waals surface area contributed by atoms with Gasteiger partial charge in [0.15, 0.2) is 0 Å². The molecular weight excluding hydrogens is 398 g/mol. The zero-order valence-electron chi connectivity index (χ0n) is 18.2. The SMILES string of the molecule is c1ccc(Nc2ccc3c(c2)C(=C(c2ccccc2)c2ccccc2)c2ccccc2-3)cc1. The van der Waals surface area contributed by atoms with Crippen LogP contribution in [0.5, 0.6) is 0 Å². The molecule has 0 saturated heterocycles. The van der Waals surface area contributed by atoms with E-state index in [1.807, 2.05) is 6.07 Å². The van der Waals surface area contributed by atoms with Crippen LogP contribution in [0.2, 0.25) is 0 Å². The first-order valence-electron chi connectivity index (χ1n) is 11.3. The molecule has 0 heterocycles. The number of para-hydroxylation sites is 1. The summed E-state index contributed by atoms with van der Waals surface area (Å²) in [6, 6.07) is 47.3. The average Bonchev–Trinajstić information content (AvgIpc) is 3.20. The van der Waals surface area contributed by atoms with Crippen molar-refractivity contribution in [1.29, 1.82) is 0 Å². The summed E-state index contributed by atoms with van der Waals surface area (Å²) in [5, 5.41) is 3.58. The van der Waals surface area contributed by atoms with Crippen molar-refractivity contribution < 1.29 is 0 Å². The van der Waals surface area contributed by atoms with Crippen molar-refractivity contribution in [2.75, 3.05) is 5.32 Å². The fraction of sp³-hybridized carbons (Fsp3) is 0. The second-order valence-corrected chi connectivity index (χ2v) is 8.28. The molecule has 5 aromatic carbocycles. The highest BCUT2D eigenvalue weighted by Crippen LogP contribution is 2.49. The minimum atomic E-state index is 1.09. The van der Waals surface area contributed by atoms with Gasteiger partial charge in [0.25, 0.3) is 0 Å². The van der Waals surface area contributed by atoms with E-state index in [0.717, 1.165) is 11.4 Å². The monoisotopic (exact) mass is 421 g/mol. The summed E-state index contributed by atoms with van der Waals surface area (Å²) in [5.74, 6) is 0. The number of rotatable bonds is 4. The van der Waals surface area contributed by atoms with Gasteiger partial charge in [0.05, 0.1) is 0 Å². The molecule has 0 saturated carbocycles. The summed E-state index contributed by atoms with van der Waals surface area (Å²) in [6.45, 7) is 0. The zero-order chi connectivity index (χ0) is 22.0. The smallest absolute Gasteiger partial charge is 0.0390 e. The molecule has 0 amide bonds. The van der Waals surface area contributed by atoms with E-state index in [9.17, 15) is 0 Å². The lowest BCUT2D eigenvalue weighted by Gasteiger charge is -2.16. The Bertz CT molecular complexity index is 1410. The molecule has 1 aliphatic carbocycles. The normalized spacial score (nSPS) is 11.6. The summed E-state index contributed by atoms with van der Waals surface area (Å²) >= 11 is 0. The molecule has 1 heteroatoms. The molecule has 0 unspecified atom stereocenters. The maximum absolute atomic E-state index is 3.58. The molecule has 5 aromatic rings. The maximum atomic E-state index is 3.58.